The van der Waals surface area contributed by atoms with Crippen molar-refractivity contribution in [2.45, 2.75) is 12.8 Å². The van der Waals surface area contributed by atoms with Gasteiger partial charge >= 0.3 is 0 Å². The maximum Gasteiger partial charge on any atom is 0.254 e. The lowest BCUT2D eigenvalue weighted by atomic mass is 10.0. The summed E-state index contributed by atoms with van der Waals surface area (Å²) in [4.78, 5) is 14.6. The fourth-order valence-electron chi connectivity index (χ4n) is 2.33. The summed E-state index contributed by atoms with van der Waals surface area (Å²) in [6, 6.07) is 9.69. The van der Waals surface area contributed by atoms with Crippen LogP contribution in [0.25, 0.3) is 0 Å². The highest BCUT2D eigenvalue weighted by Gasteiger charge is 2.20. The van der Waals surface area contributed by atoms with Gasteiger partial charge in [0.05, 0.1) is 7.11 Å². The average molecular weight is 295 g/mol. The number of para-hydroxylation sites is 1. The molecule has 1 aromatic rings. The topological polar surface area (TPSA) is 29.5 Å². The monoisotopic (exact) mass is 295 g/mol. The van der Waals surface area contributed by atoms with Crippen molar-refractivity contribution in [1.82, 2.24) is 0 Å². The number of methoxy groups -OCH3 is 1. The normalized spacial score (nSPS) is 14.2. The molecule has 0 aliphatic heterocycles. The van der Waals surface area contributed by atoms with Gasteiger partial charge in [0, 0.05) is 17.8 Å². The van der Waals surface area contributed by atoms with E-state index >= 15 is 0 Å². The third-order valence-corrected chi connectivity index (χ3v) is 3.46. The van der Waals surface area contributed by atoms with Crippen LogP contribution in [0.5, 0.6) is 0 Å². The molecule has 0 N–H and O–H groups in total. The second-order valence-electron chi connectivity index (χ2n) is 4.93. The zero-order valence-electron chi connectivity index (χ0n) is 12.9. The lowest BCUT2D eigenvalue weighted by Crippen LogP contribution is -2.32. The highest BCUT2D eigenvalue weighted by molar-refractivity contribution is 6.06. The Morgan fingerprint density at radius 2 is 2.14 bits per heavy atom. The number of carbonyl (C=O) groups is 1. The summed E-state index contributed by atoms with van der Waals surface area (Å²) >= 11 is 0. The summed E-state index contributed by atoms with van der Waals surface area (Å²) in [6.45, 7) is 4.17. The van der Waals surface area contributed by atoms with E-state index in [4.69, 9.17) is 4.74 Å². The molecule has 0 saturated carbocycles. The zero-order valence-corrected chi connectivity index (χ0v) is 12.9. The van der Waals surface area contributed by atoms with Gasteiger partial charge in [-0.2, -0.15) is 0 Å². The Labute approximate surface area is 131 Å². The second-order valence-corrected chi connectivity index (χ2v) is 4.93. The van der Waals surface area contributed by atoms with Gasteiger partial charge < -0.3 is 9.64 Å². The van der Waals surface area contributed by atoms with Crippen LogP contribution in [0.4, 0.5) is 5.69 Å². The number of rotatable bonds is 6. The van der Waals surface area contributed by atoms with Crippen molar-refractivity contribution < 1.29 is 9.53 Å². The molecule has 0 heterocycles. The molecule has 3 heteroatoms. The van der Waals surface area contributed by atoms with Crippen molar-refractivity contribution in [2.24, 2.45) is 0 Å². The molecule has 0 saturated heterocycles. The van der Waals surface area contributed by atoms with Crippen LogP contribution in [-0.4, -0.2) is 19.6 Å². The number of hydrogen-bond acceptors (Lipinski definition) is 2. The molecule has 0 fully saturated rings. The molecule has 0 aromatic heterocycles. The number of benzene rings is 1. The molecule has 0 bridgehead atoms. The van der Waals surface area contributed by atoms with E-state index in [-0.39, 0.29) is 5.91 Å². The number of amides is 1. The first kappa shape index (κ1) is 15.8. The second kappa shape index (κ2) is 8.03. The standard InChI is InChI=1S/C19H21NO2/c1-3-4-8-14-20(17-11-6-5-7-12-17)19(21)16-10-9-13-18(15-16)22-2/h3-8,11-13,15H,1,9-10,14H2,2H3/b8-4+. The highest BCUT2D eigenvalue weighted by atomic mass is 16.5. The fourth-order valence-corrected chi connectivity index (χ4v) is 2.33. The number of carbonyl (C=O) groups excluding carboxylic acids is 1. The quantitative estimate of drug-likeness (QED) is 0.742. The minimum Gasteiger partial charge on any atom is -0.497 e. The first-order valence-electron chi connectivity index (χ1n) is 7.35. The molecule has 0 unspecified atom stereocenters. The largest absolute Gasteiger partial charge is 0.497 e. The van der Waals surface area contributed by atoms with Crippen LogP contribution in [-0.2, 0) is 9.53 Å². The molecule has 0 atom stereocenters. The number of nitrogens with zero attached hydrogens (tertiary/aromatic N) is 1. The third-order valence-electron chi connectivity index (χ3n) is 3.46. The van der Waals surface area contributed by atoms with Crippen LogP contribution in [0.1, 0.15) is 12.8 Å². The van der Waals surface area contributed by atoms with E-state index in [1.54, 1.807) is 18.1 Å². The Hall–Kier alpha value is -2.55. The summed E-state index contributed by atoms with van der Waals surface area (Å²) in [5.41, 5.74) is 1.66. The summed E-state index contributed by atoms with van der Waals surface area (Å²) in [7, 11) is 1.62. The van der Waals surface area contributed by atoms with Gasteiger partial charge in [0.1, 0.15) is 5.76 Å². The van der Waals surface area contributed by atoms with Crippen LogP contribution in [0.2, 0.25) is 0 Å². The fraction of sp³-hybridized carbons (Fsp3) is 0.211. The Balaban J connectivity index is 2.26. The van der Waals surface area contributed by atoms with Crippen molar-refractivity contribution in [1.29, 1.82) is 0 Å². The van der Waals surface area contributed by atoms with E-state index in [0.29, 0.717) is 6.54 Å². The Morgan fingerprint density at radius 3 is 2.82 bits per heavy atom. The van der Waals surface area contributed by atoms with Crippen molar-refractivity contribution in [3.05, 3.63) is 78.6 Å². The van der Waals surface area contributed by atoms with Gasteiger partial charge in [-0.3, -0.25) is 4.79 Å². The van der Waals surface area contributed by atoms with Crippen molar-refractivity contribution in [3.63, 3.8) is 0 Å². The third kappa shape index (κ3) is 3.98. The minimum absolute atomic E-state index is 0.0163. The first-order valence-corrected chi connectivity index (χ1v) is 7.35. The molecule has 1 aromatic carbocycles. The summed E-state index contributed by atoms with van der Waals surface area (Å²) in [5, 5.41) is 0. The summed E-state index contributed by atoms with van der Waals surface area (Å²) in [6.07, 6.45) is 10.9. The Bertz CT molecular complexity index is 612. The molecular formula is C19H21NO2. The van der Waals surface area contributed by atoms with E-state index in [0.717, 1.165) is 29.9 Å². The lowest BCUT2D eigenvalue weighted by molar-refractivity contribution is -0.115. The predicted octanol–water partition coefficient (Wildman–Crippen LogP) is 4.01. The van der Waals surface area contributed by atoms with E-state index in [2.05, 4.69) is 6.58 Å². The highest BCUT2D eigenvalue weighted by Crippen LogP contribution is 2.23. The number of anilines is 1. The molecule has 114 valence electrons. The number of allylic oxidation sites excluding steroid dienone is 4. The average Bonchev–Trinajstić information content (AvgIpc) is 2.59. The Morgan fingerprint density at radius 1 is 1.36 bits per heavy atom. The minimum atomic E-state index is 0.0163. The molecule has 1 aliphatic carbocycles. The first-order chi connectivity index (χ1) is 10.8. The van der Waals surface area contributed by atoms with Gasteiger partial charge in [-0.15, -0.1) is 0 Å². The molecular weight excluding hydrogens is 274 g/mol. The lowest BCUT2D eigenvalue weighted by Gasteiger charge is -2.24. The van der Waals surface area contributed by atoms with E-state index in [1.807, 2.05) is 54.6 Å². The van der Waals surface area contributed by atoms with E-state index < -0.39 is 0 Å². The zero-order chi connectivity index (χ0) is 15.8. The van der Waals surface area contributed by atoms with Crippen molar-refractivity contribution >= 4 is 11.6 Å². The molecule has 1 aliphatic rings. The van der Waals surface area contributed by atoms with Gasteiger partial charge in [-0.25, -0.2) is 0 Å². The van der Waals surface area contributed by atoms with Gasteiger partial charge in [0.2, 0.25) is 0 Å². The maximum atomic E-state index is 12.9. The van der Waals surface area contributed by atoms with Crippen molar-refractivity contribution in [3.8, 4) is 0 Å². The summed E-state index contributed by atoms with van der Waals surface area (Å²) < 4.78 is 5.24. The van der Waals surface area contributed by atoms with Gasteiger partial charge in [0.15, 0.2) is 0 Å². The SMILES string of the molecule is C=C/C=C/CN(C(=O)C1=CC(OC)=CCC1)c1ccccc1. The Kier molecular flexibility index (Phi) is 5.78. The van der Waals surface area contributed by atoms with Crippen LogP contribution in [0.3, 0.4) is 0 Å². The molecule has 2 rings (SSSR count). The number of ether oxygens (including phenoxy) is 1. The van der Waals surface area contributed by atoms with Crippen molar-refractivity contribution in [2.75, 3.05) is 18.6 Å². The molecule has 3 nitrogen and oxygen atoms in total. The maximum absolute atomic E-state index is 12.9. The van der Waals surface area contributed by atoms with E-state index in [9.17, 15) is 4.79 Å². The van der Waals surface area contributed by atoms with Crippen LogP contribution in [0.15, 0.2) is 78.6 Å². The molecule has 0 radical (unpaired) electrons. The van der Waals surface area contributed by atoms with Gasteiger partial charge in [-0.05, 0) is 37.1 Å². The number of hydrogen-bond donors (Lipinski definition) is 0. The summed E-state index contributed by atoms with van der Waals surface area (Å²) in [5.74, 6) is 0.770. The van der Waals surface area contributed by atoms with Crippen LogP contribution in [0, 0.1) is 0 Å². The van der Waals surface area contributed by atoms with E-state index in [1.165, 1.54) is 0 Å². The molecule has 0 spiro atoms. The molecule has 22 heavy (non-hydrogen) atoms. The molecule has 1 amide bonds. The van der Waals surface area contributed by atoms with Crippen LogP contribution >= 0.6 is 0 Å². The van der Waals surface area contributed by atoms with Gasteiger partial charge in [0.25, 0.3) is 5.91 Å². The van der Waals surface area contributed by atoms with Gasteiger partial charge in [-0.1, -0.05) is 43.0 Å². The predicted molar refractivity (Wildman–Crippen MR) is 90.5 cm³/mol. The van der Waals surface area contributed by atoms with Crippen LogP contribution < -0.4 is 4.90 Å². The smallest absolute Gasteiger partial charge is 0.254 e.